The Bertz CT molecular complexity index is 638. The molecule has 0 fully saturated rings. The molecular weight excluding hydrogens is 340 g/mol. The van der Waals surface area contributed by atoms with Crippen LogP contribution in [0.5, 0.6) is 11.6 Å². The molecule has 0 spiro atoms. The van der Waals surface area contributed by atoms with E-state index in [9.17, 15) is 0 Å². The molecule has 1 aromatic carbocycles. The van der Waals surface area contributed by atoms with Gasteiger partial charge in [0.15, 0.2) is 0 Å². The lowest BCUT2D eigenvalue weighted by Crippen LogP contribution is -2.16. The van der Waals surface area contributed by atoms with Gasteiger partial charge in [0.05, 0.1) is 5.02 Å². The largest absolute Gasteiger partial charge is 0.437 e. The molecule has 1 heterocycles. The molecule has 0 bridgehead atoms. The van der Waals surface area contributed by atoms with Gasteiger partial charge in [-0.15, -0.1) is 0 Å². The number of rotatable bonds is 2. The molecule has 0 saturated carbocycles. The zero-order valence-electron chi connectivity index (χ0n) is 11.9. The first kappa shape index (κ1) is 15.3. The number of ether oxygens (including phenoxy) is 1. The highest BCUT2D eigenvalue weighted by molar-refractivity contribution is 9.10. The quantitative estimate of drug-likeness (QED) is 0.686. The minimum absolute atomic E-state index is 0.154. The third-order valence-corrected chi connectivity index (χ3v) is 3.36. The van der Waals surface area contributed by atoms with Crippen molar-refractivity contribution in [2.24, 2.45) is 0 Å². The van der Waals surface area contributed by atoms with Gasteiger partial charge >= 0.3 is 0 Å². The van der Waals surface area contributed by atoms with Gasteiger partial charge in [-0.05, 0) is 40.5 Å². The zero-order valence-corrected chi connectivity index (χ0v) is 14.2. The molecule has 0 aliphatic heterocycles. The smallest absolute Gasteiger partial charge is 0.223 e. The average Bonchev–Trinajstić information content (AvgIpc) is 2.32. The van der Waals surface area contributed by atoms with Crippen molar-refractivity contribution < 1.29 is 4.74 Å². The number of benzene rings is 1. The number of hydrogen-bond donors (Lipinski definition) is 0. The summed E-state index contributed by atoms with van der Waals surface area (Å²) in [5.74, 6) is 1.78. The van der Waals surface area contributed by atoms with Gasteiger partial charge in [-0.1, -0.05) is 38.4 Å². The third-order valence-electron chi connectivity index (χ3n) is 2.64. The van der Waals surface area contributed by atoms with E-state index in [-0.39, 0.29) is 5.41 Å². The summed E-state index contributed by atoms with van der Waals surface area (Å²) in [5.41, 5.74) is 0.923. The van der Waals surface area contributed by atoms with Gasteiger partial charge in [0.2, 0.25) is 5.88 Å². The maximum atomic E-state index is 6.14. The summed E-state index contributed by atoms with van der Waals surface area (Å²) in [5, 5.41) is 0.558. The Labute approximate surface area is 132 Å². The van der Waals surface area contributed by atoms with E-state index in [1.54, 1.807) is 6.07 Å². The SMILES string of the molecule is Cc1ccc(Cl)c(Oc2cc(Br)nc(C(C)(C)C)n2)c1. The first-order chi connectivity index (χ1) is 9.25. The minimum Gasteiger partial charge on any atom is -0.437 e. The van der Waals surface area contributed by atoms with Crippen LogP contribution in [0.25, 0.3) is 0 Å². The molecule has 0 atom stereocenters. The van der Waals surface area contributed by atoms with Crippen molar-refractivity contribution in [2.45, 2.75) is 33.1 Å². The molecule has 0 aliphatic carbocycles. The maximum absolute atomic E-state index is 6.14. The molecule has 2 rings (SSSR count). The Balaban J connectivity index is 2.39. The average molecular weight is 356 g/mol. The second-order valence-corrected chi connectivity index (χ2v) is 6.86. The summed E-state index contributed by atoms with van der Waals surface area (Å²) in [6, 6.07) is 7.36. The topological polar surface area (TPSA) is 35.0 Å². The van der Waals surface area contributed by atoms with Gasteiger partial charge in [-0.2, -0.15) is 4.98 Å². The van der Waals surface area contributed by atoms with Gasteiger partial charge in [0.25, 0.3) is 0 Å². The fourth-order valence-corrected chi connectivity index (χ4v) is 2.11. The monoisotopic (exact) mass is 354 g/mol. The second kappa shape index (κ2) is 5.70. The number of halogens is 2. The fraction of sp³-hybridized carbons (Fsp3) is 0.333. The molecule has 1 aromatic heterocycles. The van der Waals surface area contributed by atoms with Crippen LogP contribution in [0.1, 0.15) is 32.2 Å². The molecule has 0 saturated heterocycles. The standard InChI is InChI=1S/C15H16BrClN2O/c1-9-5-6-10(17)11(7-9)20-13-8-12(16)18-14(19-13)15(2,3)4/h5-8H,1-4H3. The summed E-state index contributed by atoms with van der Waals surface area (Å²) in [6.07, 6.45) is 0. The van der Waals surface area contributed by atoms with Crippen LogP contribution in [-0.4, -0.2) is 9.97 Å². The van der Waals surface area contributed by atoms with Crippen molar-refractivity contribution in [2.75, 3.05) is 0 Å². The maximum Gasteiger partial charge on any atom is 0.223 e. The van der Waals surface area contributed by atoms with Crippen molar-refractivity contribution in [3.63, 3.8) is 0 Å². The highest BCUT2D eigenvalue weighted by Gasteiger charge is 2.19. The van der Waals surface area contributed by atoms with Crippen molar-refractivity contribution in [1.29, 1.82) is 0 Å². The van der Waals surface area contributed by atoms with Crippen molar-refractivity contribution in [3.05, 3.63) is 45.3 Å². The highest BCUT2D eigenvalue weighted by Crippen LogP contribution is 2.31. The molecule has 0 radical (unpaired) electrons. The molecule has 106 valence electrons. The van der Waals surface area contributed by atoms with E-state index in [2.05, 4.69) is 46.7 Å². The Morgan fingerprint density at radius 2 is 1.85 bits per heavy atom. The van der Waals surface area contributed by atoms with Crippen molar-refractivity contribution in [3.8, 4) is 11.6 Å². The van der Waals surface area contributed by atoms with Gasteiger partial charge < -0.3 is 4.74 Å². The zero-order chi connectivity index (χ0) is 14.9. The van der Waals surface area contributed by atoms with Gasteiger partial charge in [-0.3, -0.25) is 0 Å². The van der Waals surface area contributed by atoms with Gasteiger partial charge in [0.1, 0.15) is 16.2 Å². The van der Waals surface area contributed by atoms with Gasteiger partial charge in [0, 0.05) is 11.5 Å². The Kier molecular flexibility index (Phi) is 4.35. The highest BCUT2D eigenvalue weighted by atomic mass is 79.9. The summed E-state index contributed by atoms with van der Waals surface area (Å²) in [4.78, 5) is 8.83. The molecular formula is C15H16BrClN2O. The van der Waals surface area contributed by atoms with Crippen LogP contribution >= 0.6 is 27.5 Å². The Hall–Kier alpha value is -1.13. The molecule has 0 amide bonds. The van der Waals surface area contributed by atoms with Crippen molar-refractivity contribution >= 4 is 27.5 Å². The van der Waals surface area contributed by atoms with Crippen molar-refractivity contribution in [1.82, 2.24) is 9.97 Å². The number of nitrogens with zero attached hydrogens (tertiary/aromatic N) is 2. The normalized spacial score (nSPS) is 11.5. The molecule has 2 aromatic rings. The lowest BCUT2D eigenvalue weighted by molar-refractivity contribution is 0.444. The van der Waals surface area contributed by atoms with E-state index in [0.717, 1.165) is 5.56 Å². The summed E-state index contributed by atoms with van der Waals surface area (Å²) < 4.78 is 6.48. The van der Waals surface area contributed by atoms with Crippen LogP contribution in [0.4, 0.5) is 0 Å². The Morgan fingerprint density at radius 1 is 1.15 bits per heavy atom. The third kappa shape index (κ3) is 3.70. The number of aromatic nitrogens is 2. The summed E-state index contributed by atoms with van der Waals surface area (Å²) in [7, 11) is 0. The first-order valence-electron chi connectivity index (χ1n) is 6.25. The lowest BCUT2D eigenvalue weighted by Gasteiger charge is -2.17. The molecule has 0 aliphatic rings. The fourth-order valence-electron chi connectivity index (χ4n) is 1.59. The molecule has 0 N–H and O–H groups in total. The van der Waals surface area contributed by atoms with E-state index >= 15 is 0 Å². The van der Waals surface area contributed by atoms with E-state index in [1.165, 1.54) is 0 Å². The van der Waals surface area contributed by atoms with Crippen LogP contribution in [0.2, 0.25) is 5.02 Å². The summed E-state index contributed by atoms with van der Waals surface area (Å²) >= 11 is 9.52. The second-order valence-electron chi connectivity index (χ2n) is 5.64. The van der Waals surface area contributed by atoms with E-state index in [1.807, 2.05) is 25.1 Å². The van der Waals surface area contributed by atoms with Crippen LogP contribution in [-0.2, 0) is 5.41 Å². The van der Waals surface area contributed by atoms with E-state index in [4.69, 9.17) is 16.3 Å². The molecule has 5 heteroatoms. The predicted octanol–water partition coefficient (Wildman–Crippen LogP) is 5.29. The summed E-state index contributed by atoms with van der Waals surface area (Å²) in [6.45, 7) is 8.15. The van der Waals surface area contributed by atoms with E-state index in [0.29, 0.717) is 27.1 Å². The first-order valence-corrected chi connectivity index (χ1v) is 7.42. The minimum atomic E-state index is -0.154. The predicted molar refractivity (Wildman–Crippen MR) is 84.7 cm³/mol. The molecule has 3 nitrogen and oxygen atoms in total. The van der Waals surface area contributed by atoms with Crippen LogP contribution in [0.15, 0.2) is 28.9 Å². The number of hydrogen-bond acceptors (Lipinski definition) is 3. The van der Waals surface area contributed by atoms with Gasteiger partial charge in [-0.25, -0.2) is 4.98 Å². The molecule has 0 unspecified atom stereocenters. The van der Waals surface area contributed by atoms with E-state index < -0.39 is 0 Å². The Morgan fingerprint density at radius 3 is 2.50 bits per heavy atom. The van der Waals surface area contributed by atoms with Crippen LogP contribution in [0, 0.1) is 6.92 Å². The number of aryl methyl sites for hydroxylation is 1. The lowest BCUT2D eigenvalue weighted by atomic mass is 9.96. The van der Waals surface area contributed by atoms with Crippen LogP contribution in [0.3, 0.4) is 0 Å². The van der Waals surface area contributed by atoms with Crippen LogP contribution < -0.4 is 4.74 Å². The molecule has 20 heavy (non-hydrogen) atoms.